The third kappa shape index (κ3) is 7.96. The van der Waals surface area contributed by atoms with Gasteiger partial charge in [-0.2, -0.15) is 0 Å². The molecule has 0 bridgehead atoms. The predicted molar refractivity (Wildman–Crippen MR) is 304 cm³/mol. The lowest BCUT2D eigenvalue weighted by Crippen LogP contribution is -2.39. The number of thiophene rings is 1. The SMILES string of the molecule is Cc1ccccc1N(c1ccc(-c2c3c(cc4c2oc2ccccc24)N(c2ccc(C(C)(C)C)cc2)c2c(sc4ccc(C(C)(C)C)cc24)[B]3)c(Nc2ccc(C(C)(C)C)cc2)c1)c1ccccc1C. The molecule has 11 rings (SSSR count). The third-order valence-electron chi connectivity index (χ3n) is 14.2. The van der Waals surface area contributed by atoms with Gasteiger partial charge in [0.1, 0.15) is 11.2 Å². The van der Waals surface area contributed by atoms with E-state index in [1.807, 2.05) is 11.3 Å². The molecule has 1 aliphatic heterocycles. The van der Waals surface area contributed by atoms with Crippen LogP contribution in [-0.4, -0.2) is 7.28 Å². The number of hydrogen-bond donors (Lipinski definition) is 1. The number of furan rings is 1. The molecule has 0 amide bonds. The summed E-state index contributed by atoms with van der Waals surface area (Å²) in [6.07, 6.45) is 0. The zero-order chi connectivity index (χ0) is 48.9. The van der Waals surface area contributed by atoms with Gasteiger partial charge in [0.2, 0.25) is 7.28 Å². The van der Waals surface area contributed by atoms with Gasteiger partial charge < -0.3 is 19.5 Å². The van der Waals surface area contributed by atoms with Crippen molar-refractivity contribution in [1.29, 1.82) is 0 Å². The van der Waals surface area contributed by atoms with Crippen LogP contribution in [0.2, 0.25) is 0 Å². The van der Waals surface area contributed by atoms with E-state index in [1.54, 1.807) is 0 Å². The van der Waals surface area contributed by atoms with Gasteiger partial charge in [0.05, 0.1) is 5.69 Å². The van der Waals surface area contributed by atoms with Crippen molar-refractivity contribution in [2.24, 2.45) is 0 Å². The summed E-state index contributed by atoms with van der Waals surface area (Å²) in [5.74, 6) is 0. The highest BCUT2D eigenvalue weighted by atomic mass is 32.1. The summed E-state index contributed by atoms with van der Waals surface area (Å²) >= 11 is 1.87. The molecular weight excluding hydrogens is 870 g/mol. The second-order valence-corrected chi connectivity index (χ2v) is 23.4. The van der Waals surface area contributed by atoms with Gasteiger partial charge in [0.25, 0.3) is 0 Å². The van der Waals surface area contributed by atoms with Gasteiger partial charge in [0.15, 0.2) is 0 Å². The molecule has 0 fully saturated rings. The van der Waals surface area contributed by atoms with E-state index in [-0.39, 0.29) is 16.2 Å². The molecule has 1 radical (unpaired) electrons. The minimum absolute atomic E-state index is 0.00977. The Morgan fingerprint density at radius 2 is 1.14 bits per heavy atom. The fraction of sp³-hybridized carbons (Fsp3) is 0.219. The normalized spacial score (nSPS) is 12.9. The van der Waals surface area contributed by atoms with Crippen LogP contribution in [0.25, 0.3) is 43.2 Å². The molecule has 1 aliphatic rings. The van der Waals surface area contributed by atoms with E-state index in [0.717, 1.165) is 78.3 Å². The van der Waals surface area contributed by atoms with Crippen LogP contribution in [-0.2, 0) is 16.2 Å². The minimum atomic E-state index is -0.00977. The van der Waals surface area contributed by atoms with E-state index in [4.69, 9.17) is 4.42 Å². The highest BCUT2D eigenvalue weighted by Crippen LogP contribution is 2.50. The largest absolute Gasteiger partial charge is 0.455 e. The fourth-order valence-corrected chi connectivity index (χ4v) is 11.3. The summed E-state index contributed by atoms with van der Waals surface area (Å²) in [6, 6.07) is 60.5. The Morgan fingerprint density at radius 1 is 0.557 bits per heavy atom. The smallest absolute Gasteiger partial charge is 0.212 e. The van der Waals surface area contributed by atoms with Gasteiger partial charge >= 0.3 is 0 Å². The molecule has 0 spiro atoms. The standard InChI is InChI=1S/C64H61BN3OS/c1-39-18-12-15-21-52(39)67(53-22-16-13-19-40(53)2)46-33-34-48(51(37-46)66-44-29-24-41(25-30-44)62(3,4)5)57-58-54(38-49-47-20-14-17-23-55(47)69-60(49)57)68(45-31-26-42(27-32-45)63(6,7)8)59-50-36-43(64(9,10)11)28-35-56(50)70-61(59)65-58/h12-38,66H,1-11H3. The second kappa shape index (κ2) is 16.8. The molecule has 0 atom stereocenters. The average molecular weight is 931 g/mol. The maximum atomic E-state index is 7.13. The Balaban J connectivity index is 1.22. The molecule has 10 aromatic rings. The average Bonchev–Trinajstić information content (AvgIpc) is 3.88. The fourth-order valence-electron chi connectivity index (χ4n) is 10.2. The topological polar surface area (TPSA) is 31.7 Å². The number of aryl methyl sites for hydroxylation is 2. The zero-order valence-electron chi connectivity index (χ0n) is 42.4. The first-order valence-corrected chi connectivity index (χ1v) is 25.5. The molecule has 3 heterocycles. The van der Waals surface area contributed by atoms with Crippen molar-refractivity contribution in [3.05, 3.63) is 192 Å². The van der Waals surface area contributed by atoms with Crippen molar-refractivity contribution in [3.8, 4) is 11.1 Å². The van der Waals surface area contributed by atoms with Gasteiger partial charge in [-0.15, -0.1) is 11.3 Å². The van der Waals surface area contributed by atoms with E-state index >= 15 is 0 Å². The molecule has 70 heavy (non-hydrogen) atoms. The molecule has 8 aromatic carbocycles. The number of rotatable bonds is 7. The first-order valence-electron chi connectivity index (χ1n) is 24.7. The molecule has 0 unspecified atom stereocenters. The van der Waals surface area contributed by atoms with Crippen molar-refractivity contribution in [2.45, 2.75) is 92.4 Å². The molecule has 0 saturated heterocycles. The molecular formula is C64H61BN3OS. The Morgan fingerprint density at radius 3 is 1.77 bits per heavy atom. The Bertz CT molecular complexity index is 3590. The summed E-state index contributed by atoms with van der Waals surface area (Å²) < 4.78 is 9.62. The van der Waals surface area contributed by atoms with Crippen molar-refractivity contribution < 1.29 is 4.42 Å². The molecule has 0 saturated carbocycles. The van der Waals surface area contributed by atoms with Crippen LogP contribution in [0.4, 0.5) is 45.5 Å². The molecule has 2 aromatic heterocycles. The first-order chi connectivity index (χ1) is 33.4. The monoisotopic (exact) mass is 930 g/mol. The van der Waals surface area contributed by atoms with Gasteiger partial charge in [-0.25, -0.2) is 0 Å². The van der Waals surface area contributed by atoms with Crippen molar-refractivity contribution in [3.63, 3.8) is 0 Å². The number of benzene rings is 8. The summed E-state index contributed by atoms with van der Waals surface area (Å²) in [4.78, 5) is 4.95. The quantitative estimate of drug-likeness (QED) is 0.161. The maximum Gasteiger partial charge on any atom is 0.212 e. The van der Waals surface area contributed by atoms with Crippen LogP contribution in [0.5, 0.6) is 0 Å². The van der Waals surface area contributed by atoms with E-state index in [9.17, 15) is 0 Å². The van der Waals surface area contributed by atoms with Crippen molar-refractivity contribution >= 4 is 106 Å². The highest BCUT2D eigenvalue weighted by molar-refractivity contribution is 7.29. The van der Waals surface area contributed by atoms with Gasteiger partial charge in [-0.3, -0.25) is 0 Å². The zero-order valence-corrected chi connectivity index (χ0v) is 43.2. The number of anilines is 8. The Labute approximate surface area is 418 Å². The second-order valence-electron chi connectivity index (χ2n) is 22.3. The summed E-state index contributed by atoms with van der Waals surface area (Å²) in [6.45, 7) is 25.0. The van der Waals surface area contributed by atoms with Gasteiger partial charge in [-0.05, 0) is 141 Å². The summed E-state index contributed by atoms with van der Waals surface area (Å²) in [5.41, 5.74) is 20.1. The highest BCUT2D eigenvalue weighted by Gasteiger charge is 2.35. The number of nitrogens with one attached hydrogen (secondary N) is 1. The van der Waals surface area contributed by atoms with Crippen LogP contribution in [0.1, 0.15) is 90.1 Å². The summed E-state index contributed by atoms with van der Waals surface area (Å²) in [7, 11) is 2.44. The third-order valence-corrected chi connectivity index (χ3v) is 15.4. The van der Waals surface area contributed by atoms with Crippen molar-refractivity contribution in [1.82, 2.24) is 0 Å². The Kier molecular flexibility index (Phi) is 10.9. The van der Waals surface area contributed by atoms with Crippen LogP contribution < -0.4 is 25.4 Å². The lowest BCUT2D eigenvalue weighted by atomic mass is 9.62. The molecule has 4 nitrogen and oxygen atoms in total. The number of fused-ring (bicyclic) bond motifs is 7. The number of para-hydroxylation sites is 3. The lowest BCUT2D eigenvalue weighted by Gasteiger charge is -2.34. The van der Waals surface area contributed by atoms with E-state index < -0.39 is 0 Å². The van der Waals surface area contributed by atoms with E-state index in [0.29, 0.717) is 0 Å². The molecule has 0 aliphatic carbocycles. The van der Waals surface area contributed by atoms with Crippen LogP contribution in [0.15, 0.2) is 168 Å². The van der Waals surface area contributed by atoms with Gasteiger partial charge in [0, 0.05) is 71.8 Å². The minimum Gasteiger partial charge on any atom is -0.455 e. The maximum absolute atomic E-state index is 7.13. The molecule has 6 heteroatoms. The molecule has 1 N–H and O–H groups in total. The number of nitrogens with zero attached hydrogens (tertiary/aromatic N) is 2. The van der Waals surface area contributed by atoms with E-state index in [1.165, 1.54) is 48.4 Å². The molecule has 347 valence electrons. The van der Waals surface area contributed by atoms with E-state index in [2.05, 4.69) is 262 Å². The van der Waals surface area contributed by atoms with Crippen molar-refractivity contribution in [2.75, 3.05) is 15.1 Å². The van der Waals surface area contributed by atoms with Gasteiger partial charge in [-0.1, -0.05) is 153 Å². The number of hydrogen-bond acceptors (Lipinski definition) is 5. The van der Waals surface area contributed by atoms with Crippen LogP contribution in [0.3, 0.4) is 0 Å². The van der Waals surface area contributed by atoms with Crippen LogP contribution >= 0.6 is 11.3 Å². The Hall–Kier alpha value is -7.02. The predicted octanol–water partition coefficient (Wildman–Crippen LogP) is 17.6. The first kappa shape index (κ1) is 45.4. The summed E-state index contributed by atoms with van der Waals surface area (Å²) in [5, 5.41) is 7.46. The van der Waals surface area contributed by atoms with Crippen LogP contribution in [0, 0.1) is 13.8 Å². The lowest BCUT2D eigenvalue weighted by molar-refractivity contribution is 0.590.